The normalized spacial score (nSPS) is 29.2. The Morgan fingerprint density at radius 1 is 1.17 bits per heavy atom. The van der Waals surface area contributed by atoms with E-state index in [-0.39, 0.29) is 0 Å². The molecule has 0 bridgehead atoms. The van der Waals surface area contributed by atoms with E-state index in [1.807, 2.05) is 0 Å². The largest absolute Gasteiger partial charge is 0.328 e. The average Bonchev–Trinajstić information content (AvgIpc) is 2.70. The van der Waals surface area contributed by atoms with E-state index in [0.717, 1.165) is 31.0 Å². The third kappa shape index (κ3) is 2.30. The minimum Gasteiger partial charge on any atom is -0.328 e. The fourth-order valence-corrected chi connectivity index (χ4v) is 3.58. The molecule has 0 aliphatic heterocycles. The monoisotopic (exact) mass is 248 g/mol. The summed E-state index contributed by atoms with van der Waals surface area (Å²) in [6, 6.07) is 1.08. The van der Waals surface area contributed by atoms with E-state index in [2.05, 4.69) is 21.7 Å². The van der Waals surface area contributed by atoms with Crippen LogP contribution in [0.3, 0.4) is 0 Å². The first kappa shape index (κ1) is 12.2. The van der Waals surface area contributed by atoms with E-state index in [9.17, 15) is 0 Å². The predicted octanol–water partition coefficient (Wildman–Crippen LogP) is 2.37. The van der Waals surface area contributed by atoms with Gasteiger partial charge in [-0.1, -0.05) is 19.3 Å². The van der Waals surface area contributed by atoms with Gasteiger partial charge in [-0.3, -0.25) is 0 Å². The van der Waals surface area contributed by atoms with Crippen molar-refractivity contribution in [3.63, 3.8) is 0 Å². The fraction of sp³-hybridized carbons (Fsp3) is 0.857. The summed E-state index contributed by atoms with van der Waals surface area (Å²) < 4.78 is 2.42. The van der Waals surface area contributed by atoms with Gasteiger partial charge < -0.3 is 10.3 Å². The Bertz CT molecular complexity index is 400. The molecule has 0 saturated heterocycles. The van der Waals surface area contributed by atoms with Crippen molar-refractivity contribution in [1.29, 1.82) is 0 Å². The van der Waals surface area contributed by atoms with Crippen LogP contribution in [0, 0.1) is 12.8 Å². The molecule has 0 atom stereocenters. The molecule has 2 aliphatic carbocycles. The SMILES string of the molecule is Cc1nnc(CC2CC(N)C2)n1C1CCCCC1. The summed E-state index contributed by atoms with van der Waals surface area (Å²) in [7, 11) is 0. The molecule has 2 fully saturated rings. The van der Waals surface area contributed by atoms with Crippen LogP contribution in [0.15, 0.2) is 0 Å². The zero-order chi connectivity index (χ0) is 12.5. The molecule has 0 aromatic carbocycles. The highest BCUT2D eigenvalue weighted by Gasteiger charge is 2.29. The molecule has 1 aromatic rings. The van der Waals surface area contributed by atoms with Crippen LogP contribution in [-0.4, -0.2) is 20.8 Å². The lowest BCUT2D eigenvalue weighted by Crippen LogP contribution is -2.37. The van der Waals surface area contributed by atoms with E-state index in [4.69, 9.17) is 5.73 Å². The number of aromatic nitrogens is 3. The molecule has 100 valence electrons. The molecule has 0 radical (unpaired) electrons. The van der Waals surface area contributed by atoms with Gasteiger partial charge in [0.25, 0.3) is 0 Å². The Kier molecular flexibility index (Phi) is 3.37. The maximum Gasteiger partial charge on any atom is 0.133 e. The molecule has 2 aliphatic rings. The Balaban J connectivity index is 1.73. The number of hydrogen-bond acceptors (Lipinski definition) is 3. The van der Waals surface area contributed by atoms with Gasteiger partial charge in [0, 0.05) is 18.5 Å². The molecule has 1 heterocycles. The molecule has 0 amide bonds. The second-order valence-electron chi connectivity index (χ2n) is 6.13. The van der Waals surface area contributed by atoms with Gasteiger partial charge in [0.2, 0.25) is 0 Å². The van der Waals surface area contributed by atoms with E-state index < -0.39 is 0 Å². The van der Waals surface area contributed by atoms with E-state index >= 15 is 0 Å². The summed E-state index contributed by atoms with van der Waals surface area (Å²) in [6.45, 7) is 2.09. The van der Waals surface area contributed by atoms with Gasteiger partial charge in [-0.2, -0.15) is 0 Å². The molecule has 4 heteroatoms. The van der Waals surface area contributed by atoms with Crippen LogP contribution in [0.5, 0.6) is 0 Å². The molecule has 18 heavy (non-hydrogen) atoms. The second-order valence-corrected chi connectivity index (χ2v) is 6.13. The number of aryl methyl sites for hydroxylation is 1. The lowest BCUT2D eigenvalue weighted by atomic mass is 9.78. The molecule has 0 unspecified atom stereocenters. The molecule has 0 spiro atoms. The lowest BCUT2D eigenvalue weighted by molar-refractivity contribution is 0.252. The highest BCUT2D eigenvalue weighted by Crippen LogP contribution is 2.33. The van der Waals surface area contributed by atoms with Crippen molar-refractivity contribution in [2.45, 2.75) is 70.4 Å². The maximum atomic E-state index is 5.87. The van der Waals surface area contributed by atoms with Crippen molar-refractivity contribution in [3.8, 4) is 0 Å². The average molecular weight is 248 g/mol. The number of nitrogens with two attached hydrogens (primary N) is 1. The van der Waals surface area contributed by atoms with Crippen LogP contribution in [0.4, 0.5) is 0 Å². The van der Waals surface area contributed by atoms with E-state index in [0.29, 0.717) is 12.1 Å². The summed E-state index contributed by atoms with van der Waals surface area (Å²) in [4.78, 5) is 0. The first-order valence-electron chi connectivity index (χ1n) is 7.40. The van der Waals surface area contributed by atoms with Crippen molar-refractivity contribution in [2.75, 3.05) is 0 Å². The van der Waals surface area contributed by atoms with Crippen LogP contribution in [0.1, 0.15) is 62.6 Å². The Morgan fingerprint density at radius 2 is 1.89 bits per heavy atom. The van der Waals surface area contributed by atoms with Crippen molar-refractivity contribution >= 4 is 0 Å². The van der Waals surface area contributed by atoms with E-state index in [1.54, 1.807) is 0 Å². The topological polar surface area (TPSA) is 56.7 Å². The predicted molar refractivity (Wildman–Crippen MR) is 71.3 cm³/mol. The molecular formula is C14H24N4. The van der Waals surface area contributed by atoms with E-state index in [1.165, 1.54) is 37.9 Å². The molecule has 4 nitrogen and oxygen atoms in total. The van der Waals surface area contributed by atoms with Crippen LogP contribution < -0.4 is 5.73 Å². The van der Waals surface area contributed by atoms with Crippen molar-refractivity contribution < 1.29 is 0 Å². The lowest BCUT2D eigenvalue weighted by Gasteiger charge is -2.33. The molecule has 3 rings (SSSR count). The number of nitrogens with zero attached hydrogens (tertiary/aromatic N) is 3. The van der Waals surface area contributed by atoms with Gasteiger partial charge in [0.05, 0.1) is 0 Å². The summed E-state index contributed by atoms with van der Waals surface area (Å²) in [5.41, 5.74) is 5.87. The maximum absolute atomic E-state index is 5.87. The first-order chi connectivity index (χ1) is 8.74. The zero-order valence-corrected chi connectivity index (χ0v) is 11.3. The van der Waals surface area contributed by atoms with Crippen LogP contribution in [-0.2, 0) is 6.42 Å². The number of rotatable bonds is 3. The highest BCUT2D eigenvalue weighted by atomic mass is 15.3. The third-order valence-electron chi connectivity index (χ3n) is 4.62. The van der Waals surface area contributed by atoms with Gasteiger partial charge in [-0.05, 0) is 38.5 Å². The minimum atomic E-state index is 0.433. The van der Waals surface area contributed by atoms with Gasteiger partial charge >= 0.3 is 0 Å². The Hall–Kier alpha value is -0.900. The summed E-state index contributed by atoms with van der Waals surface area (Å²) in [5, 5.41) is 8.71. The van der Waals surface area contributed by atoms with Crippen molar-refractivity contribution in [3.05, 3.63) is 11.6 Å². The molecule has 1 aromatic heterocycles. The summed E-state index contributed by atoms with van der Waals surface area (Å²) in [5.74, 6) is 3.04. The van der Waals surface area contributed by atoms with Gasteiger partial charge in [0.15, 0.2) is 0 Å². The second kappa shape index (κ2) is 5.00. The quantitative estimate of drug-likeness (QED) is 0.893. The molecular weight excluding hydrogens is 224 g/mol. The molecule has 2 saturated carbocycles. The minimum absolute atomic E-state index is 0.433. The Labute approximate surface area is 109 Å². The van der Waals surface area contributed by atoms with Crippen molar-refractivity contribution in [2.24, 2.45) is 11.7 Å². The smallest absolute Gasteiger partial charge is 0.133 e. The summed E-state index contributed by atoms with van der Waals surface area (Å²) >= 11 is 0. The Morgan fingerprint density at radius 3 is 2.56 bits per heavy atom. The first-order valence-corrected chi connectivity index (χ1v) is 7.40. The molecule has 2 N–H and O–H groups in total. The van der Waals surface area contributed by atoms with Crippen LogP contribution in [0.2, 0.25) is 0 Å². The fourth-order valence-electron chi connectivity index (χ4n) is 3.58. The summed E-state index contributed by atoms with van der Waals surface area (Å²) in [6.07, 6.45) is 10.1. The standard InChI is InChI=1S/C14H24N4/c1-10-16-17-14(9-11-7-12(15)8-11)18(10)13-5-3-2-4-6-13/h11-13H,2-9,15H2,1H3. The van der Waals surface area contributed by atoms with Crippen molar-refractivity contribution in [1.82, 2.24) is 14.8 Å². The van der Waals surface area contributed by atoms with Gasteiger partial charge in [0.1, 0.15) is 11.6 Å². The number of hydrogen-bond donors (Lipinski definition) is 1. The zero-order valence-electron chi connectivity index (χ0n) is 11.3. The third-order valence-corrected chi connectivity index (χ3v) is 4.62. The van der Waals surface area contributed by atoms with Gasteiger partial charge in [-0.25, -0.2) is 0 Å². The van der Waals surface area contributed by atoms with Crippen LogP contribution >= 0.6 is 0 Å². The highest BCUT2D eigenvalue weighted by molar-refractivity contribution is 5.01. The van der Waals surface area contributed by atoms with Gasteiger partial charge in [-0.15, -0.1) is 10.2 Å². The van der Waals surface area contributed by atoms with Crippen LogP contribution in [0.25, 0.3) is 0 Å².